The van der Waals surface area contributed by atoms with Crippen molar-refractivity contribution >= 4 is 17.5 Å². The minimum absolute atomic E-state index is 0.0237. The molecular weight excluding hydrogens is 326 g/mol. The van der Waals surface area contributed by atoms with Crippen LogP contribution in [0.1, 0.15) is 27.2 Å². The third kappa shape index (κ3) is 5.49. The number of rotatable bonds is 5. The highest BCUT2D eigenvalue weighted by Gasteiger charge is 2.15. The molecule has 0 saturated heterocycles. The molecule has 24 heavy (non-hydrogen) atoms. The molecule has 128 valence electrons. The highest BCUT2D eigenvalue weighted by molar-refractivity contribution is 6.30. The summed E-state index contributed by atoms with van der Waals surface area (Å²) in [7, 11) is 0. The fourth-order valence-electron chi connectivity index (χ4n) is 2.23. The Balaban J connectivity index is 2.03. The normalized spacial score (nSPS) is 11.3. The SMILES string of the molecule is CC(C)(C)CC(=O)NCCn1nc(-c2ccc(Cl)cc2)ccc1=O. The quantitative estimate of drug-likeness (QED) is 0.903. The van der Waals surface area contributed by atoms with Crippen molar-refractivity contribution in [1.29, 1.82) is 0 Å². The summed E-state index contributed by atoms with van der Waals surface area (Å²) in [6, 6.07) is 10.4. The van der Waals surface area contributed by atoms with E-state index in [1.165, 1.54) is 10.7 Å². The molecule has 0 saturated carbocycles. The molecule has 1 heterocycles. The van der Waals surface area contributed by atoms with Gasteiger partial charge in [0.05, 0.1) is 12.2 Å². The van der Waals surface area contributed by atoms with E-state index in [0.717, 1.165) is 5.56 Å². The average molecular weight is 348 g/mol. The summed E-state index contributed by atoms with van der Waals surface area (Å²) in [5.41, 5.74) is 1.31. The lowest BCUT2D eigenvalue weighted by atomic mass is 9.92. The van der Waals surface area contributed by atoms with Crippen molar-refractivity contribution in [3.8, 4) is 11.3 Å². The van der Waals surface area contributed by atoms with E-state index in [1.807, 2.05) is 32.9 Å². The molecule has 0 aliphatic rings. The first-order valence-corrected chi connectivity index (χ1v) is 8.23. The molecule has 1 aromatic heterocycles. The third-order valence-electron chi connectivity index (χ3n) is 3.34. The number of hydrogen-bond acceptors (Lipinski definition) is 3. The van der Waals surface area contributed by atoms with E-state index >= 15 is 0 Å². The van der Waals surface area contributed by atoms with Gasteiger partial charge in [0, 0.05) is 29.6 Å². The highest BCUT2D eigenvalue weighted by atomic mass is 35.5. The molecular formula is C18H22ClN3O2. The summed E-state index contributed by atoms with van der Waals surface area (Å²) < 4.78 is 1.36. The minimum Gasteiger partial charge on any atom is -0.354 e. The Morgan fingerprint density at radius 1 is 1.17 bits per heavy atom. The second kappa shape index (κ2) is 7.62. The Bertz CT molecular complexity index is 761. The summed E-state index contributed by atoms with van der Waals surface area (Å²) >= 11 is 5.88. The minimum atomic E-state index is -0.196. The van der Waals surface area contributed by atoms with Crippen LogP contribution in [0.3, 0.4) is 0 Å². The number of aromatic nitrogens is 2. The first-order chi connectivity index (χ1) is 11.2. The maximum absolute atomic E-state index is 11.9. The van der Waals surface area contributed by atoms with Crippen LogP contribution in [0, 0.1) is 5.41 Å². The monoisotopic (exact) mass is 347 g/mol. The number of amides is 1. The maximum atomic E-state index is 11.9. The van der Waals surface area contributed by atoms with Gasteiger partial charge in [0.1, 0.15) is 0 Å². The van der Waals surface area contributed by atoms with Gasteiger partial charge in [-0.1, -0.05) is 44.5 Å². The first-order valence-electron chi connectivity index (χ1n) is 7.85. The van der Waals surface area contributed by atoms with E-state index in [9.17, 15) is 9.59 Å². The molecule has 5 nitrogen and oxygen atoms in total. The van der Waals surface area contributed by atoms with Gasteiger partial charge in [0.2, 0.25) is 5.91 Å². The number of halogens is 1. The number of nitrogens with zero attached hydrogens (tertiary/aromatic N) is 2. The fraction of sp³-hybridized carbons (Fsp3) is 0.389. The van der Waals surface area contributed by atoms with E-state index in [4.69, 9.17) is 11.6 Å². The van der Waals surface area contributed by atoms with Gasteiger partial charge in [0.15, 0.2) is 0 Å². The Labute approximate surface area is 146 Å². The van der Waals surface area contributed by atoms with Crippen molar-refractivity contribution in [2.75, 3.05) is 6.54 Å². The van der Waals surface area contributed by atoms with E-state index in [-0.39, 0.29) is 16.9 Å². The van der Waals surface area contributed by atoms with E-state index in [2.05, 4.69) is 10.4 Å². The molecule has 0 radical (unpaired) electrons. The number of benzene rings is 1. The predicted octanol–water partition coefficient (Wildman–Crippen LogP) is 3.12. The Kier molecular flexibility index (Phi) is 5.78. The van der Waals surface area contributed by atoms with Crippen molar-refractivity contribution in [2.24, 2.45) is 5.41 Å². The highest BCUT2D eigenvalue weighted by Crippen LogP contribution is 2.19. The van der Waals surface area contributed by atoms with Gasteiger partial charge in [-0.25, -0.2) is 4.68 Å². The van der Waals surface area contributed by atoms with Crippen LogP contribution in [-0.2, 0) is 11.3 Å². The van der Waals surface area contributed by atoms with Gasteiger partial charge in [-0.05, 0) is 23.6 Å². The first kappa shape index (κ1) is 18.2. The molecule has 0 aliphatic heterocycles. The summed E-state index contributed by atoms with van der Waals surface area (Å²) in [4.78, 5) is 23.8. The zero-order valence-corrected chi connectivity index (χ0v) is 14.9. The second-order valence-electron chi connectivity index (χ2n) is 6.87. The van der Waals surface area contributed by atoms with Gasteiger partial charge in [-0.3, -0.25) is 9.59 Å². The van der Waals surface area contributed by atoms with E-state index in [1.54, 1.807) is 18.2 Å². The van der Waals surface area contributed by atoms with Crippen molar-refractivity contribution in [3.63, 3.8) is 0 Å². The Morgan fingerprint density at radius 3 is 2.46 bits per heavy atom. The van der Waals surface area contributed by atoms with Crippen molar-refractivity contribution in [1.82, 2.24) is 15.1 Å². The molecule has 0 bridgehead atoms. The molecule has 2 rings (SSSR count). The van der Waals surface area contributed by atoms with Gasteiger partial charge in [0.25, 0.3) is 5.56 Å². The fourth-order valence-corrected chi connectivity index (χ4v) is 2.36. The van der Waals surface area contributed by atoms with Crippen molar-refractivity contribution in [2.45, 2.75) is 33.7 Å². The molecule has 0 fully saturated rings. The molecule has 0 atom stereocenters. The molecule has 0 unspecified atom stereocenters. The molecule has 1 aromatic carbocycles. The van der Waals surface area contributed by atoms with Crippen LogP contribution in [0.25, 0.3) is 11.3 Å². The van der Waals surface area contributed by atoms with E-state index < -0.39 is 0 Å². The van der Waals surface area contributed by atoms with E-state index in [0.29, 0.717) is 30.2 Å². The Hall–Kier alpha value is -2.14. The lowest BCUT2D eigenvalue weighted by Gasteiger charge is -2.17. The smallest absolute Gasteiger partial charge is 0.266 e. The molecule has 0 aliphatic carbocycles. The standard InChI is InChI=1S/C18H22ClN3O2/c1-18(2,3)12-16(23)20-10-11-22-17(24)9-8-15(21-22)13-4-6-14(19)7-5-13/h4-9H,10-12H2,1-3H3,(H,20,23). The number of hydrogen-bond donors (Lipinski definition) is 1. The lowest BCUT2D eigenvalue weighted by molar-refractivity contribution is -0.122. The van der Waals surface area contributed by atoms with Gasteiger partial charge >= 0.3 is 0 Å². The third-order valence-corrected chi connectivity index (χ3v) is 3.60. The van der Waals surface area contributed by atoms with Gasteiger partial charge in [-0.2, -0.15) is 5.10 Å². The lowest BCUT2D eigenvalue weighted by Crippen LogP contribution is -2.33. The van der Waals surface area contributed by atoms with Crippen LogP contribution < -0.4 is 10.9 Å². The van der Waals surface area contributed by atoms with Crippen molar-refractivity contribution < 1.29 is 4.79 Å². The van der Waals surface area contributed by atoms with Crippen LogP contribution in [0.4, 0.5) is 0 Å². The number of carbonyl (C=O) groups excluding carboxylic acids is 1. The maximum Gasteiger partial charge on any atom is 0.266 e. The van der Waals surface area contributed by atoms with Crippen LogP contribution >= 0.6 is 11.6 Å². The van der Waals surface area contributed by atoms with Crippen LogP contribution in [-0.4, -0.2) is 22.2 Å². The average Bonchev–Trinajstić information content (AvgIpc) is 2.48. The van der Waals surface area contributed by atoms with Crippen molar-refractivity contribution in [3.05, 3.63) is 51.8 Å². The van der Waals surface area contributed by atoms with Gasteiger partial charge in [-0.15, -0.1) is 0 Å². The largest absolute Gasteiger partial charge is 0.354 e. The summed E-state index contributed by atoms with van der Waals surface area (Å²) in [6.45, 7) is 6.72. The summed E-state index contributed by atoms with van der Waals surface area (Å²) in [6.07, 6.45) is 0.445. The number of nitrogens with one attached hydrogen (secondary N) is 1. The summed E-state index contributed by atoms with van der Waals surface area (Å²) in [5.74, 6) is -0.0237. The van der Waals surface area contributed by atoms with Gasteiger partial charge < -0.3 is 5.32 Å². The molecule has 2 aromatic rings. The number of carbonyl (C=O) groups is 1. The molecule has 1 N–H and O–H groups in total. The Morgan fingerprint density at radius 2 is 1.83 bits per heavy atom. The predicted molar refractivity (Wildman–Crippen MR) is 96.0 cm³/mol. The molecule has 6 heteroatoms. The second-order valence-corrected chi connectivity index (χ2v) is 7.31. The summed E-state index contributed by atoms with van der Waals surface area (Å²) in [5, 5.41) is 7.83. The molecule has 0 spiro atoms. The van der Waals surface area contributed by atoms with Crippen LogP contribution in [0.2, 0.25) is 5.02 Å². The zero-order chi connectivity index (χ0) is 17.7. The topological polar surface area (TPSA) is 64.0 Å². The zero-order valence-electron chi connectivity index (χ0n) is 14.2. The van der Waals surface area contributed by atoms with Crippen LogP contribution in [0.5, 0.6) is 0 Å². The molecule has 1 amide bonds. The van der Waals surface area contributed by atoms with Crippen LogP contribution in [0.15, 0.2) is 41.2 Å².